The molecule has 0 fully saturated rings. The summed E-state index contributed by atoms with van der Waals surface area (Å²) in [6, 6.07) is 0. The van der Waals surface area contributed by atoms with Crippen LogP contribution in [0.1, 0.15) is 6.92 Å². The van der Waals surface area contributed by atoms with Crippen LogP contribution in [0.2, 0.25) is 0 Å². The van der Waals surface area contributed by atoms with Crippen molar-refractivity contribution in [3.63, 3.8) is 0 Å². The van der Waals surface area contributed by atoms with Gasteiger partial charge in [-0.05, 0) is 6.92 Å². The summed E-state index contributed by atoms with van der Waals surface area (Å²) in [5.41, 5.74) is -0.923. The van der Waals surface area contributed by atoms with E-state index in [2.05, 4.69) is 16.3 Å². The predicted octanol–water partition coefficient (Wildman–Crippen LogP) is -1.07. The summed E-state index contributed by atoms with van der Waals surface area (Å²) in [4.78, 5) is 25.5. The summed E-state index contributed by atoms with van der Waals surface area (Å²) in [6.07, 6.45) is 0.845. The van der Waals surface area contributed by atoms with Crippen LogP contribution >= 0.6 is 0 Å². The first-order valence-electron chi connectivity index (χ1n) is 5.37. The van der Waals surface area contributed by atoms with Crippen LogP contribution in [0, 0.1) is 0 Å². The molecule has 106 valence electrons. The molecule has 19 heavy (non-hydrogen) atoms. The minimum Gasteiger partial charge on any atom is -0.376 e. The molecule has 1 aromatic heterocycles. The summed E-state index contributed by atoms with van der Waals surface area (Å²) >= 11 is 0. The van der Waals surface area contributed by atoms with Crippen molar-refractivity contribution in [2.45, 2.75) is 11.8 Å². The van der Waals surface area contributed by atoms with Gasteiger partial charge in [0.05, 0.1) is 13.2 Å². The molecule has 0 saturated carbocycles. The van der Waals surface area contributed by atoms with Crippen molar-refractivity contribution in [3.05, 3.63) is 39.2 Å². The van der Waals surface area contributed by atoms with E-state index in [-0.39, 0.29) is 13.2 Å². The monoisotopic (exact) mass is 289 g/mol. The minimum atomic E-state index is -3.97. The number of rotatable bonds is 7. The lowest BCUT2D eigenvalue weighted by Crippen LogP contribution is -2.34. The van der Waals surface area contributed by atoms with E-state index in [1.165, 1.54) is 0 Å². The van der Waals surface area contributed by atoms with Crippen molar-refractivity contribution in [1.29, 1.82) is 0 Å². The lowest BCUT2D eigenvalue weighted by atomic mass is 10.4. The molecule has 0 amide bonds. The summed E-state index contributed by atoms with van der Waals surface area (Å²) in [7, 11) is -3.97. The van der Waals surface area contributed by atoms with E-state index in [4.69, 9.17) is 4.74 Å². The fraction of sp³-hybridized carbons (Fsp3) is 0.400. The molecule has 3 N–H and O–H groups in total. The van der Waals surface area contributed by atoms with E-state index in [9.17, 15) is 18.0 Å². The lowest BCUT2D eigenvalue weighted by Gasteiger charge is -2.06. The maximum Gasteiger partial charge on any atom is 0.325 e. The van der Waals surface area contributed by atoms with Crippen molar-refractivity contribution < 1.29 is 13.2 Å². The molecule has 1 aromatic rings. The van der Waals surface area contributed by atoms with Gasteiger partial charge < -0.3 is 9.72 Å². The average Bonchev–Trinajstić information content (AvgIpc) is 2.27. The van der Waals surface area contributed by atoms with Crippen molar-refractivity contribution in [3.8, 4) is 0 Å². The van der Waals surface area contributed by atoms with Gasteiger partial charge in [-0.25, -0.2) is 17.9 Å². The van der Waals surface area contributed by atoms with Crippen molar-refractivity contribution in [2.24, 2.45) is 0 Å². The number of H-pyrrole nitrogens is 2. The molecular weight excluding hydrogens is 274 g/mol. The van der Waals surface area contributed by atoms with Crippen LogP contribution in [0.4, 0.5) is 0 Å². The van der Waals surface area contributed by atoms with E-state index in [0.29, 0.717) is 6.61 Å². The second kappa shape index (κ2) is 6.45. The molecule has 0 aliphatic heterocycles. The first kappa shape index (κ1) is 15.3. The van der Waals surface area contributed by atoms with Gasteiger partial charge in [0.1, 0.15) is 0 Å². The Hall–Kier alpha value is -1.71. The van der Waals surface area contributed by atoms with Crippen LogP contribution in [0.5, 0.6) is 0 Å². The van der Waals surface area contributed by atoms with Crippen LogP contribution in [0.3, 0.4) is 0 Å². The Bertz CT molecular complexity index is 658. The quantitative estimate of drug-likeness (QED) is 0.436. The molecule has 1 heterocycles. The maximum absolute atomic E-state index is 11.7. The van der Waals surface area contributed by atoms with Crippen LogP contribution in [-0.2, 0) is 14.8 Å². The number of ether oxygens (including phenoxy) is 1. The Balaban J connectivity index is 2.64. The summed E-state index contributed by atoms with van der Waals surface area (Å²) in [6.45, 7) is 5.90. The average molecular weight is 289 g/mol. The smallest absolute Gasteiger partial charge is 0.325 e. The second-order valence-corrected chi connectivity index (χ2v) is 5.58. The maximum atomic E-state index is 11.7. The molecule has 0 unspecified atom stereocenters. The van der Waals surface area contributed by atoms with Gasteiger partial charge in [0.25, 0.3) is 5.56 Å². The van der Waals surface area contributed by atoms with Gasteiger partial charge in [0.15, 0.2) is 4.90 Å². The van der Waals surface area contributed by atoms with Crippen LogP contribution in [0.15, 0.2) is 32.8 Å². The van der Waals surface area contributed by atoms with Crippen molar-refractivity contribution in [2.75, 3.05) is 19.8 Å². The molecule has 0 saturated heterocycles. The predicted molar refractivity (Wildman–Crippen MR) is 68.5 cm³/mol. The largest absolute Gasteiger partial charge is 0.376 e. The summed E-state index contributed by atoms with van der Waals surface area (Å²) < 4.78 is 30.8. The lowest BCUT2D eigenvalue weighted by molar-refractivity contribution is 0.162. The van der Waals surface area contributed by atoms with Crippen LogP contribution in [-0.4, -0.2) is 38.1 Å². The number of aromatic amines is 2. The fourth-order valence-corrected chi connectivity index (χ4v) is 2.19. The zero-order valence-electron chi connectivity index (χ0n) is 10.4. The highest BCUT2D eigenvalue weighted by Gasteiger charge is 2.17. The van der Waals surface area contributed by atoms with Gasteiger partial charge in [-0.1, -0.05) is 12.2 Å². The molecule has 0 radical (unpaired) electrons. The van der Waals surface area contributed by atoms with E-state index >= 15 is 0 Å². The number of hydrogen-bond acceptors (Lipinski definition) is 5. The third kappa shape index (κ3) is 4.81. The van der Waals surface area contributed by atoms with E-state index in [1.54, 1.807) is 6.92 Å². The number of nitrogens with one attached hydrogen (secondary N) is 3. The van der Waals surface area contributed by atoms with Gasteiger partial charge in [0.2, 0.25) is 10.0 Å². The highest BCUT2D eigenvalue weighted by Crippen LogP contribution is 1.97. The first-order valence-corrected chi connectivity index (χ1v) is 6.85. The molecular formula is C10H15N3O5S. The molecule has 0 atom stereocenters. The van der Waals surface area contributed by atoms with E-state index < -0.39 is 26.2 Å². The van der Waals surface area contributed by atoms with Gasteiger partial charge >= 0.3 is 5.69 Å². The second-order valence-electron chi connectivity index (χ2n) is 3.84. The Labute approximate surface area is 109 Å². The number of hydrogen-bond donors (Lipinski definition) is 3. The summed E-state index contributed by atoms with van der Waals surface area (Å²) in [5.74, 6) is 0. The van der Waals surface area contributed by atoms with Gasteiger partial charge in [-0.2, -0.15) is 0 Å². The van der Waals surface area contributed by atoms with Crippen LogP contribution in [0.25, 0.3) is 0 Å². The van der Waals surface area contributed by atoms with Crippen molar-refractivity contribution >= 4 is 10.0 Å². The van der Waals surface area contributed by atoms with Gasteiger partial charge in [-0.15, -0.1) is 0 Å². The first-order chi connectivity index (χ1) is 8.83. The highest BCUT2D eigenvalue weighted by molar-refractivity contribution is 7.89. The van der Waals surface area contributed by atoms with Crippen molar-refractivity contribution in [1.82, 2.24) is 14.7 Å². The topological polar surface area (TPSA) is 121 Å². The summed E-state index contributed by atoms with van der Waals surface area (Å²) in [5, 5.41) is 0. The Kier molecular flexibility index (Phi) is 5.21. The standard InChI is InChI=1S/C10H15N3O5S/c1-7(2)6-18-4-3-12-19(16,17)8-5-11-10(15)13-9(8)14/h5,12H,1,3-4,6H2,2H3,(H2,11,13,14,15). The molecule has 9 heteroatoms. The molecule has 0 aliphatic carbocycles. The number of aromatic nitrogens is 2. The Morgan fingerprint density at radius 1 is 1.47 bits per heavy atom. The molecule has 0 aliphatic rings. The third-order valence-electron chi connectivity index (χ3n) is 1.96. The zero-order valence-corrected chi connectivity index (χ0v) is 11.2. The Morgan fingerprint density at radius 2 is 2.16 bits per heavy atom. The minimum absolute atomic E-state index is 0.00811. The SMILES string of the molecule is C=C(C)COCCNS(=O)(=O)c1c[nH]c(=O)[nH]c1=O. The number of sulfonamides is 1. The van der Waals surface area contributed by atoms with E-state index in [1.807, 2.05) is 4.98 Å². The highest BCUT2D eigenvalue weighted by atomic mass is 32.2. The Morgan fingerprint density at radius 3 is 2.74 bits per heavy atom. The molecule has 0 spiro atoms. The molecule has 8 nitrogen and oxygen atoms in total. The fourth-order valence-electron chi connectivity index (χ4n) is 1.17. The normalized spacial score (nSPS) is 11.4. The third-order valence-corrected chi connectivity index (χ3v) is 3.43. The molecule has 1 rings (SSSR count). The zero-order chi connectivity index (χ0) is 14.5. The van der Waals surface area contributed by atoms with Gasteiger partial charge in [-0.3, -0.25) is 9.78 Å². The molecule has 0 aromatic carbocycles. The van der Waals surface area contributed by atoms with E-state index in [0.717, 1.165) is 11.8 Å². The molecule has 0 bridgehead atoms. The van der Waals surface area contributed by atoms with Gasteiger partial charge in [0, 0.05) is 12.7 Å². The van der Waals surface area contributed by atoms with Crippen LogP contribution < -0.4 is 16.0 Å².